The van der Waals surface area contributed by atoms with Gasteiger partial charge in [0.25, 0.3) is 0 Å². The van der Waals surface area contributed by atoms with Gasteiger partial charge in [0, 0.05) is 26.2 Å². The third-order valence-electron chi connectivity index (χ3n) is 4.62. The van der Waals surface area contributed by atoms with Gasteiger partial charge in [-0.3, -0.25) is 9.79 Å². The van der Waals surface area contributed by atoms with E-state index < -0.39 is 0 Å². The molecule has 2 N–H and O–H groups in total. The second-order valence-electron chi connectivity index (χ2n) is 6.38. The van der Waals surface area contributed by atoms with Gasteiger partial charge in [-0.2, -0.15) is 0 Å². The van der Waals surface area contributed by atoms with Gasteiger partial charge in [-0.15, -0.1) is 0 Å². The van der Waals surface area contributed by atoms with E-state index in [1.165, 1.54) is 6.42 Å². The molecule has 0 heterocycles. The summed E-state index contributed by atoms with van der Waals surface area (Å²) in [6.07, 6.45) is 4.95. The first-order valence-electron chi connectivity index (χ1n) is 9.50. The Balaban J connectivity index is 2.28. The van der Waals surface area contributed by atoms with Crippen molar-refractivity contribution >= 4 is 11.9 Å². The van der Waals surface area contributed by atoms with Gasteiger partial charge in [0.1, 0.15) is 0 Å². The van der Waals surface area contributed by atoms with Gasteiger partial charge in [0.15, 0.2) is 5.96 Å². The second kappa shape index (κ2) is 12.1. The Morgan fingerprint density at radius 3 is 2.42 bits per heavy atom. The molecule has 140 valence electrons. The molecule has 6 heteroatoms. The molecule has 1 aliphatic rings. The number of carbonyl (C=O) groups excluding carboxylic acids is 1. The fraction of sp³-hybridized carbons (Fsp3) is 0.889. The summed E-state index contributed by atoms with van der Waals surface area (Å²) in [7, 11) is 1.81. The van der Waals surface area contributed by atoms with Crippen molar-refractivity contribution in [1.29, 1.82) is 0 Å². The quantitative estimate of drug-likeness (QED) is 0.382. The van der Waals surface area contributed by atoms with Crippen LogP contribution in [0.4, 0.5) is 0 Å². The molecular formula is C18H36N4O2. The summed E-state index contributed by atoms with van der Waals surface area (Å²) in [6, 6.07) is 0.389. The molecule has 0 aromatic heterocycles. The second-order valence-corrected chi connectivity index (χ2v) is 6.38. The first kappa shape index (κ1) is 20.7. The number of rotatable bonds is 9. The van der Waals surface area contributed by atoms with Crippen LogP contribution in [0.25, 0.3) is 0 Å². The molecule has 6 nitrogen and oxygen atoms in total. The van der Waals surface area contributed by atoms with Crippen LogP contribution in [0.1, 0.15) is 52.9 Å². The highest BCUT2D eigenvalue weighted by molar-refractivity contribution is 5.80. The summed E-state index contributed by atoms with van der Waals surface area (Å²) in [5.74, 6) is 0.904. The van der Waals surface area contributed by atoms with Gasteiger partial charge in [0.2, 0.25) is 0 Å². The summed E-state index contributed by atoms with van der Waals surface area (Å²) < 4.78 is 5.12. The maximum Gasteiger partial charge on any atom is 0.308 e. The number of likely N-dealkylation sites (N-methyl/N-ethyl adjacent to an activating group) is 1. The zero-order valence-electron chi connectivity index (χ0n) is 15.9. The van der Waals surface area contributed by atoms with Crippen molar-refractivity contribution in [2.75, 3.05) is 39.8 Å². The minimum Gasteiger partial charge on any atom is -0.466 e. The SMILES string of the molecule is CCCN(CC)CCNC(=NC)NC1CCC(C(=O)OCC)CC1. The summed E-state index contributed by atoms with van der Waals surface area (Å²) in [5.41, 5.74) is 0. The third-order valence-corrected chi connectivity index (χ3v) is 4.62. The van der Waals surface area contributed by atoms with Crippen LogP contribution in [0, 0.1) is 5.92 Å². The molecule has 0 aliphatic heterocycles. The lowest BCUT2D eigenvalue weighted by Gasteiger charge is -2.29. The highest BCUT2D eigenvalue weighted by atomic mass is 16.5. The largest absolute Gasteiger partial charge is 0.466 e. The minimum atomic E-state index is -0.0333. The van der Waals surface area contributed by atoms with Crippen LogP contribution in [0.3, 0.4) is 0 Å². The molecule has 0 spiro atoms. The summed E-state index contributed by atoms with van der Waals surface area (Å²) in [5, 5.41) is 6.89. The van der Waals surface area contributed by atoms with Gasteiger partial charge in [-0.25, -0.2) is 0 Å². The third kappa shape index (κ3) is 7.51. The van der Waals surface area contributed by atoms with E-state index in [4.69, 9.17) is 4.74 Å². The Hall–Kier alpha value is -1.30. The van der Waals surface area contributed by atoms with E-state index in [9.17, 15) is 4.79 Å². The number of ether oxygens (including phenoxy) is 1. The smallest absolute Gasteiger partial charge is 0.308 e. The molecular weight excluding hydrogens is 304 g/mol. The number of aliphatic imine (C=N–C) groups is 1. The minimum absolute atomic E-state index is 0.0333. The Kier molecular flexibility index (Phi) is 10.5. The molecule has 24 heavy (non-hydrogen) atoms. The van der Waals surface area contributed by atoms with Crippen molar-refractivity contribution in [2.24, 2.45) is 10.9 Å². The predicted octanol–water partition coefficient (Wildman–Crippen LogP) is 2.01. The normalized spacial score (nSPS) is 21.6. The summed E-state index contributed by atoms with van der Waals surface area (Å²) >= 11 is 0. The lowest BCUT2D eigenvalue weighted by molar-refractivity contribution is -0.149. The first-order valence-corrected chi connectivity index (χ1v) is 9.50. The molecule has 1 rings (SSSR count). The number of hydrogen-bond donors (Lipinski definition) is 2. The lowest BCUT2D eigenvalue weighted by atomic mass is 9.86. The molecule has 0 amide bonds. The monoisotopic (exact) mass is 340 g/mol. The van der Waals surface area contributed by atoms with Gasteiger partial charge in [-0.05, 0) is 52.1 Å². The van der Waals surface area contributed by atoms with Crippen LogP contribution in [0.15, 0.2) is 4.99 Å². The standard InChI is InChI=1S/C18H36N4O2/c1-5-13-22(6-2)14-12-20-18(19-4)21-16-10-8-15(9-11-16)17(23)24-7-3/h15-16H,5-14H2,1-4H3,(H2,19,20,21). The van der Waals surface area contributed by atoms with Crippen molar-refractivity contribution in [3.8, 4) is 0 Å². The molecule has 0 saturated heterocycles. The van der Waals surface area contributed by atoms with Gasteiger partial charge < -0.3 is 20.3 Å². The van der Waals surface area contributed by atoms with Gasteiger partial charge >= 0.3 is 5.97 Å². The number of esters is 1. The van der Waals surface area contributed by atoms with E-state index in [0.717, 1.165) is 57.8 Å². The fourth-order valence-corrected chi connectivity index (χ4v) is 3.20. The lowest BCUT2D eigenvalue weighted by Crippen LogP contribution is -2.47. The summed E-state index contributed by atoms with van der Waals surface area (Å²) in [6.45, 7) is 10.9. The number of nitrogens with one attached hydrogen (secondary N) is 2. The van der Waals surface area contributed by atoms with E-state index >= 15 is 0 Å². The molecule has 0 aromatic carbocycles. The molecule has 1 saturated carbocycles. The van der Waals surface area contributed by atoms with Crippen LogP contribution >= 0.6 is 0 Å². The molecule has 0 bridgehead atoms. The van der Waals surface area contributed by atoms with Gasteiger partial charge in [-0.1, -0.05) is 13.8 Å². The molecule has 1 aliphatic carbocycles. The van der Waals surface area contributed by atoms with E-state index in [-0.39, 0.29) is 11.9 Å². The average molecular weight is 341 g/mol. The Morgan fingerprint density at radius 2 is 1.88 bits per heavy atom. The van der Waals surface area contributed by atoms with Crippen LogP contribution < -0.4 is 10.6 Å². The first-order chi connectivity index (χ1) is 11.6. The number of carbonyl (C=O) groups is 1. The Morgan fingerprint density at radius 1 is 1.17 bits per heavy atom. The zero-order chi connectivity index (χ0) is 17.8. The van der Waals surface area contributed by atoms with Crippen LogP contribution in [0.5, 0.6) is 0 Å². The van der Waals surface area contributed by atoms with Crippen molar-refractivity contribution in [1.82, 2.24) is 15.5 Å². The average Bonchev–Trinajstić information content (AvgIpc) is 2.60. The molecule has 0 unspecified atom stereocenters. The summed E-state index contributed by atoms with van der Waals surface area (Å²) in [4.78, 5) is 18.5. The Bertz CT molecular complexity index is 379. The van der Waals surface area contributed by atoms with E-state index in [2.05, 4.69) is 34.4 Å². The van der Waals surface area contributed by atoms with Crippen molar-refractivity contribution < 1.29 is 9.53 Å². The molecule has 0 atom stereocenters. The van der Waals surface area contributed by atoms with Crippen molar-refractivity contribution in [2.45, 2.75) is 58.9 Å². The maximum atomic E-state index is 11.8. The molecule has 1 fully saturated rings. The van der Waals surface area contributed by atoms with E-state index in [0.29, 0.717) is 12.6 Å². The maximum absolute atomic E-state index is 11.8. The topological polar surface area (TPSA) is 66.0 Å². The van der Waals surface area contributed by atoms with Crippen LogP contribution in [0.2, 0.25) is 0 Å². The Labute approximate surface area is 147 Å². The van der Waals surface area contributed by atoms with Gasteiger partial charge in [0.05, 0.1) is 12.5 Å². The van der Waals surface area contributed by atoms with E-state index in [1.54, 1.807) is 0 Å². The number of hydrogen-bond acceptors (Lipinski definition) is 4. The molecule has 0 radical (unpaired) electrons. The predicted molar refractivity (Wildman–Crippen MR) is 99.3 cm³/mol. The van der Waals surface area contributed by atoms with Crippen LogP contribution in [-0.4, -0.2) is 62.7 Å². The number of guanidine groups is 1. The highest BCUT2D eigenvalue weighted by Gasteiger charge is 2.27. The zero-order valence-corrected chi connectivity index (χ0v) is 15.9. The van der Waals surface area contributed by atoms with E-state index in [1.807, 2.05) is 14.0 Å². The fourth-order valence-electron chi connectivity index (χ4n) is 3.20. The van der Waals surface area contributed by atoms with Crippen molar-refractivity contribution in [3.05, 3.63) is 0 Å². The number of nitrogens with zero attached hydrogens (tertiary/aromatic N) is 2. The van der Waals surface area contributed by atoms with Crippen LogP contribution in [-0.2, 0) is 9.53 Å². The molecule has 0 aromatic rings. The highest BCUT2D eigenvalue weighted by Crippen LogP contribution is 2.25. The van der Waals surface area contributed by atoms with Crippen molar-refractivity contribution in [3.63, 3.8) is 0 Å².